The van der Waals surface area contributed by atoms with E-state index in [1.165, 1.54) is 21.8 Å². The van der Waals surface area contributed by atoms with Gasteiger partial charge < -0.3 is 29.7 Å². The van der Waals surface area contributed by atoms with Gasteiger partial charge in [0.05, 0.1) is 23.9 Å². The molecule has 1 aliphatic heterocycles. The highest BCUT2D eigenvalue weighted by Gasteiger charge is 2.36. The summed E-state index contributed by atoms with van der Waals surface area (Å²) in [7, 11) is 1.65. The highest BCUT2D eigenvalue weighted by Crippen LogP contribution is 2.36. The average molecular weight is 664 g/mol. The Morgan fingerprint density at radius 2 is 1.63 bits per heavy atom. The molecular formula is C30H39F2N7O6S. The second-order valence-electron chi connectivity index (χ2n) is 13.2. The smallest absolute Gasteiger partial charge is 0.412 e. The van der Waals surface area contributed by atoms with Crippen LogP contribution in [0.4, 0.5) is 34.9 Å². The predicted octanol–water partition coefficient (Wildman–Crippen LogP) is 5.23. The molecule has 3 aromatic rings. The standard InChI is InChI=1S/C30H39F2N7O6S/c1-28(2,3)44-26(41)36-24-21(35-23(46-24)20-17(31)10-9-11-18(20)32)22(40)34-19-14-33-37(8)25(19)38-12-13-39(16-30(7,43)15-38)27(42)45-29(4,5)6/h9-11,14,43H,12-13,15-16H2,1-8H3,(H,34,40)(H,36,41). The Labute approximate surface area is 269 Å². The number of β-amino-alcohol motifs (C(OH)–C–C–N with tert-alkyl or cyclic N) is 1. The third-order valence-corrected chi connectivity index (χ3v) is 7.43. The van der Waals surface area contributed by atoms with Gasteiger partial charge in [-0.1, -0.05) is 17.4 Å². The zero-order valence-electron chi connectivity index (χ0n) is 27.0. The van der Waals surface area contributed by atoms with Gasteiger partial charge in [0.2, 0.25) is 0 Å². The van der Waals surface area contributed by atoms with Gasteiger partial charge >= 0.3 is 12.2 Å². The van der Waals surface area contributed by atoms with Crippen molar-refractivity contribution in [2.45, 2.75) is 65.3 Å². The molecule has 0 aliphatic carbocycles. The maximum Gasteiger partial charge on any atom is 0.412 e. The summed E-state index contributed by atoms with van der Waals surface area (Å²) in [6.07, 6.45) is -0.0681. The SMILES string of the molecule is Cn1ncc(NC(=O)c2nc(-c3c(F)cccc3F)sc2NC(=O)OC(C)(C)C)c1N1CCN(C(=O)OC(C)(C)C)CC(C)(O)C1. The molecule has 1 saturated heterocycles. The fourth-order valence-corrected chi connectivity index (χ4v) is 5.77. The first kappa shape index (κ1) is 34.6. The van der Waals surface area contributed by atoms with Gasteiger partial charge in [0, 0.05) is 26.7 Å². The number of carbonyl (C=O) groups is 3. The van der Waals surface area contributed by atoms with Crippen LogP contribution in [-0.4, -0.2) is 85.8 Å². The monoisotopic (exact) mass is 663 g/mol. The Morgan fingerprint density at radius 1 is 1.00 bits per heavy atom. The Bertz CT molecular complexity index is 1610. The number of aromatic nitrogens is 3. The first-order valence-corrected chi connectivity index (χ1v) is 15.3. The van der Waals surface area contributed by atoms with Crippen LogP contribution in [0.25, 0.3) is 10.6 Å². The quantitative estimate of drug-likeness (QED) is 0.333. The van der Waals surface area contributed by atoms with E-state index in [4.69, 9.17) is 9.47 Å². The Balaban J connectivity index is 1.65. The second-order valence-corrected chi connectivity index (χ2v) is 14.2. The Morgan fingerprint density at radius 3 is 2.24 bits per heavy atom. The lowest BCUT2D eigenvalue weighted by Gasteiger charge is -2.31. The summed E-state index contributed by atoms with van der Waals surface area (Å²) in [5.41, 5.74) is -3.50. The highest BCUT2D eigenvalue weighted by molar-refractivity contribution is 7.19. The predicted molar refractivity (Wildman–Crippen MR) is 169 cm³/mol. The number of aryl methyl sites for hydroxylation is 1. The first-order valence-electron chi connectivity index (χ1n) is 14.5. The number of anilines is 3. The minimum absolute atomic E-state index is 0.00581. The first-order chi connectivity index (χ1) is 21.2. The molecule has 1 fully saturated rings. The largest absolute Gasteiger partial charge is 0.444 e. The zero-order chi connectivity index (χ0) is 34.2. The van der Waals surface area contributed by atoms with E-state index in [1.807, 2.05) is 0 Å². The molecule has 1 unspecified atom stereocenters. The number of aliphatic hydroxyl groups is 1. The van der Waals surface area contributed by atoms with Crippen LogP contribution in [0.3, 0.4) is 0 Å². The van der Waals surface area contributed by atoms with Crippen LogP contribution >= 0.6 is 11.3 Å². The molecule has 1 aromatic carbocycles. The van der Waals surface area contributed by atoms with Crippen LogP contribution in [0, 0.1) is 11.6 Å². The van der Waals surface area contributed by atoms with Gasteiger partial charge in [-0.15, -0.1) is 0 Å². The van der Waals surface area contributed by atoms with Crippen molar-refractivity contribution < 1.29 is 37.7 Å². The van der Waals surface area contributed by atoms with Gasteiger partial charge in [-0.25, -0.2) is 23.4 Å². The van der Waals surface area contributed by atoms with Crippen molar-refractivity contribution in [1.29, 1.82) is 0 Å². The summed E-state index contributed by atoms with van der Waals surface area (Å²) in [5, 5.41) is 20.4. The molecule has 16 heteroatoms. The topological polar surface area (TPSA) is 151 Å². The molecule has 1 aliphatic rings. The second kappa shape index (κ2) is 12.8. The van der Waals surface area contributed by atoms with Gasteiger partial charge in [0.1, 0.15) is 38.5 Å². The molecule has 3 N–H and O–H groups in total. The third-order valence-electron chi connectivity index (χ3n) is 6.44. The number of amides is 3. The van der Waals surface area contributed by atoms with Crippen LogP contribution in [0.15, 0.2) is 24.4 Å². The van der Waals surface area contributed by atoms with E-state index in [2.05, 4.69) is 20.7 Å². The maximum atomic E-state index is 14.7. The van der Waals surface area contributed by atoms with E-state index >= 15 is 0 Å². The molecule has 2 aromatic heterocycles. The zero-order valence-corrected chi connectivity index (χ0v) is 27.8. The van der Waals surface area contributed by atoms with Gasteiger partial charge in [0.25, 0.3) is 5.91 Å². The third kappa shape index (κ3) is 8.48. The average Bonchev–Trinajstić information content (AvgIpc) is 3.41. The summed E-state index contributed by atoms with van der Waals surface area (Å²) in [6.45, 7) is 12.4. The summed E-state index contributed by atoms with van der Waals surface area (Å²) in [6, 6.07) is 3.32. The van der Waals surface area contributed by atoms with Crippen LogP contribution in [0.2, 0.25) is 0 Å². The number of ether oxygens (including phenoxy) is 2. The lowest BCUT2D eigenvalue weighted by atomic mass is 10.1. The minimum Gasteiger partial charge on any atom is -0.444 e. The number of nitrogens with one attached hydrogen (secondary N) is 2. The van der Waals surface area contributed by atoms with E-state index in [-0.39, 0.29) is 47.6 Å². The summed E-state index contributed by atoms with van der Waals surface area (Å²) < 4.78 is 41.7. The highest BCUT2D eigenvalue weighted by atomic mass is 32.1. The number of carbonyl (C=O) groups excluding carboxylic acids is 3. The molecule has 1 atom stereocenters. The van der Waals surface area contributed by atoms with Crippen molar-refractivity contribution in [3.63, 3.8) is 0 Å². The summed E-state index contributed by atoms with van der Waals surface area (Å²) >= 11 is 0.703. The van der Waals surface area contributed by atoms with Crippen LogP contribution in [-0.2, 0) is 16.5 Å². The summed E-state index contributed by atoms with van der Waals surface area (Å²) in [5.74, 6) is -2.19. The molecule has 0 spiro atoms. The van der Waals surface area contributed by atoms with Gasteiger partial charge in [0.15, 0.2) is 11.5 Å². The van der Waals surface area contributed by atoms with Gasteiger partial charge in [-0.2, -0.15) is 5.10 Å². The van der Waals surface area contributed by atoms with Gasteiger partial charge in [-0.05, 0) is 60.6 Å². The molecule has 4 rings (SSSR count). The van der Waals surface area contributed by atoms with Crippen LogP contribution < -0.4 is 15.5 Å². The lowest BCUT2D eigenvalue weighted by molar-refractivity contribution is -0.000295. The minimum atomic E-state index is -1.36. The van der Waals surface area contributed by atoms with E-state index < -0.39 is 52.1 Å². The summed E-state index contributed by atoms with van der Waals surface area (Å²) in [4.78, 5) is 46.6. The molecule has 13 nitrogen and oxygen atoms in total. The fourth-order valence-electron chi connectivity index (χ4n) is 4.77. The van der Waals surface area contributed by atoms with Crippen LogP contribution in [0.1, 0.15) is 59.0 Å². The number of rotatable bonds is 5. The molecule has 250 valence electrons. The number of thiazole rings is 1. The van der Waals surface area contributed by atoms with Gasteiger partial charge in [-0.3, -0.25) is 14.8 Å². The number of hydrogen-bond acceptors (Lipinski definition) is 10. The molecule has 46 heavy (non-hydrogen) atoms. The van der Waals surface area contributed by atoms with Crippen LogP contribution in [0.5, 0.6) is 0 Å². The van der Waals surface area contributed by atoms with E-state index in [0.717, 1.165) is 12.1 Å². The Hall–Kier alpha value is -4.31. The van der Waals surface area contributed by atoms with Crippen molar-refractivity contribution in [3.8, 4) is 10.6 Å². The number of hydrogen-bond donors (Lipinski definition) is 3. The molecule has 3 amide bonds. The molecule has 0 bridgehead atoms. The molecule has 0 radical (unpaired) electrons. The van der Waals surface area contributed by atoms with E-state index in [9.17, 15) is 28.3 Å². The van der Waals surface area contributed by atoms with Crippen molar-refractivity contribution in [1.82, 2.24) is 19.7 Å². The lowest BCUT2D eigenvalue weighted by Crippen LogP contribution is -2.47. The number of nitrogens with zero attached hydrogens (tertiary/aromatic N) is 5. The van der Waals surface area contributed by atoms with Crippen molar-refractivity contribution in [2.24, 2.45) is 7.05 Å². The van der Waals surface area contributed by atoms with Crippen molar-refractivity contribution >= 4 is 45.9 Å². The molecular weight excluding hydrogens is 624 g/mol. The van der Waals surface area contributed by atoms with E-state index in [0.29, 0.717) is 17.2 Å². The normalized spacial score (nSPS) is 17.4. The Kier molecular flexibility index (Phi) is 9.64. The van der Waals surface area contributed by atoms with Crippen molar-refractivity contribution in [3.05, 3.63) is 41.7 Å². The molecule has 3 heterocycles. The molecule has 0 saturated carbocycles. The maximum absolute atomic E-state index is 14.7. The number of benzene rings is 1. The fraction of sp³-hybridized carbons (Fsp3) is 0.500. The van der Waals surface area contributed by atoms with Crippen molar-refractivity contribution in [2.75, 3.05) is 41.7 Å². The van der Waals surface area contributed by atoms with E-state index in [1.54, 1.807) is 60.4 Å². The number of halogens is 2.